The SMILES string of the molecule is N#CC1CCN(C(=O)c2ccc(-c3cccc4nc(NC(=O)O)nn34)cc2)CC1. The molecule has 1 aliphatic heterocycles. The lowest BCUT2D eigenvalue weighted by molar-refractivity contribution is 0.0707. The van der Waals surface area contributed by atoms with Gasteiger partial charge in [-0.1, -0.05) is 18.2 Å². The molecule has 146 valence electrons. The first-order chi connectivity index (χ1) is 14.0. The number of benzene rings is 1. The van der Waals surface area contributed by atoms with E-state index < -0.39 is 6.09 Å². The number of carbonyl (C=O) groups excluding carboxylic acids is 1. The summed E-state index contributed by atoms with van der Waals surface area (Å²) in [5, 5.41) is 24.2. The van der Waals surface area contributed by atoms with Crippen molar-refractivity contribution in [1.29, 1.82) is 5.26 Å². The Kier molecular flexibility index (Phi) is 4.83. The van der Waals surface area contributed by atoms with E-state index in [-0.39, 0.29) is 17.8 Å². The van der Waals surface area contributed by atoms with Gasteiger partial charge in [-0.3, -0.25) is 10.1 Å². The van der Waals surface area contributed by atoms with E-state index in [0.29, 0.717) is 37.1 Å². The van der Waals surface area contributed by atoms with Crippen LogP contribution in [0.5, 0.6) is 0 Å². The fourth-order valence-electron chi connectivity index (χ4n) is 3.45. The average Bonchev–Trinajstić information content (AvgIpc) is 3.15. The molecule has 0 radical (unpaired) electrons. The second-order valence-corrected chi connectivity index (χ2v) is 6.82. The molecule has 1 fully saturated rings. The topological polar surface area (TPSA) is 124 Å². The van der Waals surface area contributed by atoms with Gasteiger partial charge in [0.05, 0.1) is 11.8 Å². The number of hydrogen-bond donors (Lipinski definition) is 2. The highest BCUT2D eigenvalue weighted by atomic mass is 16.4. The zero-order chi connectivity index (χ0) is 20.4. The van der Waals surface area contributed by atoms with Crippen LogP contribution < -0.4 is 5.32 Å². The maximum Gasteiger partial charge on any atom is 0.411 e. The first-order valence-corrected chi connectivity index (χ1v) is 9.20. The Morgan fingerprint density at radius 3 is 2.52 bits per heavy atom. The van der Waals surface area contributed by atoms with Crippen molar-refractivity contribution in [2.24, 2.45) is 5.92 Å². The molecule has 0 aliphatic carbocycles. The van der Waals surface area contributed by atoms with Crippen molar-refractivity contribution in [3.8, 4) is 17.3 Å². The number of nitriles is 1. The Bertz CT molecular complexity index is 1110. The Morgan fingerprint density at radius 2 is 1.86 bits per heavy atom. The van der Waals surface area contributed by atoms with Gasteiger partial charge < -0.3 is 10.0 Å². The molecular formula is C20H18N6O3. The van der Waals surface area contributed by atoms with E-state index in [2.05, 4.69) is 21.5 Å². The molecule has 29 heavy (non-hydrogen) atoms. The third kappa shape index (κ3) is 3.73. The summed E-state index contributed by atoms with van der Waals surface area (Å²) in [6, 6.07) is 14.8. The number of carbonyl (C=O) groups is 2. The molecule has 2 amide bonds. The van der Waals surface area contributed by atoms with Gasteiger partial charge in [-0.25, -0.2) is 9.31 Å². The Balaban J connectivity index is 1.57. The van der Waals surface area contributed by atoms with Gasteiger partial charge in [-0.15, -0.1) is 5.10 Å². The third-order valence-electron chi connectivity index (χ3n) is 4.97. The third-order valence-corrected chi connectivity index (χ3v) is 4.97. The number of piperidine rings is 1. The minimum atomic E-state index is -1.23. The molecule has 4 rings (SSSR count). The minimum absolute atomic E-state index is 0.00230. The van der Waals surface area contributed by atoms with Crippen molar-refractivity contribution in [3.05, 3.63) is 48.0 Å². The van der Waals surface area contributed by atoms with Crippen molar-refractivity contribution < 1.29 is 14.7 Å². The zero-order valence-electron chi connectivity index (χ0n) is 15.4. The average molecular weight is 390 g/mol. The summed E-state index contributed by atoms with van der Waals surface area (Å²) >= 11 is 0. The molecule has 9 nitrogen and oxygen atoms in total. The maximum atomic E-state index is 12.7. The standard InChI is InChI=1S/C20H18N6O3/c21-12-13-8-10-25(11-9-13)18(27)15-6-4-14(5-7-15)16-2-1-3-17-22-19(23-20(28)29)24-26(16)17/h1-7,13H,8-11H2,(H,23,24)(H,28,29). The van der Waals surface area contributed by atoms with Crippen LogP contribution in [0.4, 0.5) is 10.7 Å². The smallest absolute Gasteiger partial charge is 0.411 e. The number of rotatable bonds is 3. The number of aromatic nitrogens is 3. The van der Waals surface area contributed by atoms with Crippen molar-refractivity contribution in [2.45, 2.75) is 12.8 Å². The van der Waals surface area contributed by atoms with Crippen LogP contribution >= 0.6 is 0 Å². The van der Waals surface area contributed by atoms with Gasteiger partial charge in [-0.2, -0.15) is 10.2 Å². The molecule has 1 aliphatic rings. The van der Waals surface area contributed by atoms with Crippen LogP contribution in [-0.4, -0.2) is 49.7 Å². The maximum absolute atomic E-state index is 12.7. The van der Waals surface area contributed by atoms with E-state index in [1.54, 1.807) is 27.6 Å². The number of carboxylic acid groups (broad SMARTS) is 1. The number of likely N-dealkylation sites (tertiary alicyclic amines) is 1. The second kappa shape index (κ2) is 7.59. The first-order valence-electron chi connectivity index (χ1n) is 9.20. The number of hydrogen-bond acceptors (Lipinski definition) is 5. The summed E-state index contributed by atoms with van der Waals surface area (Å²) in [4.78, 5) is 29.4. The molecule has 1 saturated heterocycles. The molecule has 3 aromatic rings. The molecule has 0 atom stereocenters. The van der Waals surface area contributed by atoms with Crippen molar-refractivity contribution in [1.82, 2.24) is 19.5 Å². The molecule has 3 heterocycles. The quantitative estimate of drug-likeness (QED) is 0.709. The minimum Gasteiger partial charge on any atom is -0.465 e. The Labute approximate surface area is 166 Å². The fourth-order valence-corrected chi connectivity index (χ4v) is 3.45. The van der Waals surface area contributed by atoms with Crippen molar-refractivity contribution >= 4 is 23.6 Å². The lowest BCUT2D eigenvalue weighted by Crippen LogP contribution is -2.38. The van der Waals surface area contributed by atoms with Gasteiger partial charge in [0.2, 0.25) is 0 Å². The van der Waals surface area contributed by atoms with Crippen molar-refractivity contribution in [3.63, 3.8) is 0 Å². The largest absolute Gasteiger partial charge is 0.465 e. The fraction of sp³-hybridized carbons (Fsp3) is 0.250. The predicted octanol–water partition coefficient (Wildman–Crippen LogP) is 2.86. The Morgan fingerprint density at radius 1 is 1.14 bits per heavy atom. The highest BCUT2D eigenvalue weighted by Crippen LogP contribution is 2.23. The molecule has 0 unspecified atom stereocenters. The van der Waals surface area contributed by atoms with Crippen LogP contribution in [-0.2, 0) is 0 Å². The molecule has 9 heteroatoms. The summed E-state index contributed by atoms with van der Waals surface area (Å²) in [5.74, 6) is -0.0116. The van der Waals surface area contributed by atoms with E-state index in [0.717, 1.165) is 11.3 Å². The molecule has 2 N–H and O–H groups in total. The van der Waals surface area contributed by atoms with Gasteiger partial charge >= 0.3 is 6.09 Å². The van der Waals surface area contributed by atoms with E-state index >= 15 is 0 Å². The summed E-state index contributed by atoms with van der Waals surface area (Å²) in [5.41, 5.74) is 2.64. The summed E-state index contributed by atoms with van der Waals surface area (Å²) in [6.45, 7) is 1.19. The van der Waals surface area contributed by atoms with Gasteiger partial charge in [0.15, 0.2) is 5.65 Å². The van der Waals surface area contributed by atoms with E-state index in [1.807, 2.05) is 24.3 Å². The van der Waals surface area contributed by atoms with Gasteiger partial charge in [0.25, 0.3) is 11.9 Å². The molecule has 0 saturated carbocycles. The van der Waals surface area contributed by atoms with Crippen LogP contribution in [0.3, 0.4) is 0 Å². The predicted molar refractivity (Wildman–Crippen MR) is 104 cm³/mol. The van der Waals surface area contributed by atoms with Crippen molar-refractivity contribution in [2.75, 3.05) is 18.4 Å². The molecule has 0 spiro atoms. The molecular weight excluding hydrogens is 372 g/mol. The van der Waals surface area contributed by atoms with Crippen LogP contribution in [0.25, 0.3) is 16.9 Å². The van der Waals surface area contributed by atoms with Gasteiger partial charge in [0.1, 0.15) is 0 Å². The number of nitrogens with zero attached hydrogens (tertiary/aromatic N) is 5. The zero-order valence-corrected chi connectivity index (χ0v) is 15.4. The molecule has 0 bridgehead atoms. The first kappa shape index (κ1) is 18.4. The number of amides is 2. The second-order valence-electron chi connectivity index (χ2n) is 6.82. The van der Waals surface area contributed by atoms with Crippen LogP contribution in [0.2, 0.25) is 0 Å². The normalized spacial score (nSPS) is 14.5. The van der Waals surface area contributed by atoms with Crippen LogP contribution in [0.1, 0.15) is 23.2 Å². The number of nitrogens with one attached hydrogen (secondary N) is 1. The summed E-state index contributed by atoms with van der Waals surface area (Å²) < 4.78 is 1.55. The Hall–Kier alpha value is -3.93. The lowest BCUT2D eigenvalue weighted by atomic mass is 9.98. The van der Waals surface area contributed by atoms with E-state index in [9.17, 15) is 9.59 Å². The number of anilines is 1. The van der Waals surface area contributed by atoms with Gasteiger partial charge in [-0.05, 0) is 37.1 Å². The highest BCUT2D eigenvalue weighted by Gasteiger charge is 2.23. The monoisotopic (exact) mass is 390 g/mol. The summed E-state index contributed by atoms with van der Waals surface area (Å²) in [7, 11) is 0. The number of pyridine rings is 1. The van der Waals surface area contributed by atoms with E-state index in [4.69, 9.17) is 10.4 Å². The van der Waals surface area contributed by atoms with Gasteiger partial charge in [0, 0.05) is 30.1 Å². The van der Waals surface area contributed by atoms with E-state index in [1.165, 1.54) is 0 Å². The number of fused-ring (bicyclic) bond motifs is 1. The van der Waals surface area contributed by atoms with Crippen LogP contribution in [0, 0.1) is 17.2 Å². The molecule has 2 aromatic heterocycles. The lowest BCUT2D eigenvalue weighted by Gasteiger charge is -2.29. The highest BCUT2D eigenvalue weighted by molar-refractivity contribution is 5.94. The molecule has 1 aromatic carbocycles. The summed E-state index contributed by atoms with van der Waals surface area (Å²) in [6.07, 6.45) is 0.187. The van der Waals surface area contributed by atoms with Crippen LogP contribution in [0.15, 0.2) is 42.5 Å².